The first-order valence-corrected chi connectivity index (χ1v) is 5.60. The number of amides is 2. The molecule has 2 amide bonds. The molecule has 1 aliphatic heterocycles. The van der Waals surface area contributed by atoms with Gasteiger partial charge in [-0.05, 0) is 19.3 Å². The standard InChI is InChI=1S/C10H21N3O2/c1-2-9-7-8(3-6-15-9)12-4-5-13-10(11)14/h8-9,12H,2-7H2,1H3,(H3,11,13,14). The fourth-order valence-corrected chi connectivity index (χ4v) is 1.81. The molecule has 2 atom stereocenters. The third-order valence-electron chi connectivity index (χ3n) is 2.68. The van der Waals surface area contributed by atoms with Crippen LogP contribution in [0.4, 0.5) is 4.79 Å². The molecule has 1 aliphatic rings. The van der Waals surface area contributed by atoms with Crippen LogP contribution in [-0.2, 0) is 4.74 Å². The summed E-state index contributed by atoms with van der Waals surface area (Å²) in [7, 11) is 0. The normalized spacial score (nSPS) is 26.2. The highest BCUT2D eigenvalue weighted by Gasteiger charge is 2.20. The van der Waals surface area contributed by atoms with Gasteiger partial charge in [-0.15, -0.1) is 0 Å². The number of hydrogen-bond acceptors (Lipinski definition) is 3. The maximum absolute atomic E-state index is 10.4. The average Bonchev–Trinajstić information content (AvgIpc) is 2.24. The molecule has 1 fully saturated rings. The first-order chi connectivity index (χ1) is 7.22. The van der Waals surface area contributed by atoms with Gasteiger partial charge in [-0.3, -0.25) is 0 Å². The molecule has 0 bridgehead atoms. The minimum Gasteiger partial charge on any atom is -0.378 e. The molecular weight excluding hydrogens is 194 g/mol. The van der Waals surface area contributed by atoms with E-state index in [1.165, 1.54) is 0 Å². The zero-order valence-electron chi connectivity index (χ0n) is 9.29. The molecule has 1 heterocycles. The highest BCUT2D eigenvalue weighted by Crippen LogP contribution is 2.15. The van der Waals surface area contributed by atoms with Gasteiger partial charge in [0.05, 0.1) is 6.10 Å². The van der Waals surface area contributed by atoms with Gasteiger partial charge in [0.2, 0.25) is 0 Å². The van der Waals surface area contributed by atoms with E-state index in [-0.39, 0.29) is 0 Å². The summed E-state index contributed by atoms with van der Waals surface area (Å²) in [5.41, 5.74) is 4.96. The van der Waals surface area contributed by atoms with E-state index in [0.717, 1.165) is 32.4 Å². The van der Waals surface area contributed by atoms with Crippen LogP contribution >= 0.6 is 0 Å². The third-order valence-corrected chi connectivity index (χ3v) is 2.68. The van der Waals surface area contributed by atoms with Gasteiger partial charge in [0.1, 0.15) is 0 Å². The van der Waals surface area contributed by atoms with Crippen LogP contribution in [0.2, 0.25) is 0 Å². The molecule has 2 unspecified atom stereocenters. The Kier molecular flexibility index (Phi) is 5.42. The molecule has 1 rings (SSSR count). The number of primary amides is 1. The number of carbonyl (C=O) groups excluding carboxylic acids is 1. The smallest absolute Gasteiger partial charge is 0.312 e. The predicted molar refractivity (Wildman–Crippen MR) is 58.6 cm³/mol. The number of carbonyl (C=O) groups is 1. The van der Waals surface area contributed by atoms with Gasteiger partial charge in [-0.2, -0.15) is 0 Å². The van der Waals surface area contributed by atoms with Crippen molar-refractivity contribution < 1.29 is 9.53 Å². The van der Waals surface area contributed by atoms with Crippen molar-refractivity contribution in [1.29, 1.82) is 0 Å². The predicted octanol–water partition coefficient (Wildman–Crippen LogP) is 0.202. The molecule has 0 spiro atoms. The van der Waals surface area contributed by atoms with Crippen LogP contribution < -0.4 is 16.4 Å². The number of urea groups is 1. The van der Waals surface area contributed by atoms with Crippen LogP contribution in [0.25, 0.3) is 0 Å². The van der Waals surface area contributed by atoms with Crippen molar-refractivity contribution in [3.63, 3.8) is 0 Å². The average molecular weight is 215 g/mol. The summed E-state index contributed by atoms with van der Waals surface area (Å²) in [6.45, 7) is 4.33. The second-order valence-electron chi connectivity index (χ2n) is 3.87. The summed E-state index contributed by atoms with van der Waals surface area (Å²) in [5, 5.41) is 5.95. The minimum atomic E-state index is -0.463. The molecule has 88 valence electrons. The highest BCUT2D eigenvalue weighted by molar-refractivity contribution is 5.71. The molecule has 0 aromatic carbocycles. The van der Waals surface area contributed by atoms with E-state index in [1.54, 1.807) is 0 Å². The Hall–Kier alpha value is -0.810. The number of rotatable bonds is 5. The van der Waals surface area contributed by atoms with Gasteiger partial charge in [0.15, 0.2) is 0 Å². The largest absolute Gasteiger partial charge is 0.378 e. The van der Waals surface area contributed by atoms with Crippen molar-refractivity contribution in [2.24, 2.45) is 5.73 Å². The first kappa shape index (κ1) is 12.3. The molecular formula is C10H21N3O2. The van der Waals surface area contributed by atoms with Crippen LogP contribution in [0, 0.1) is 0 Å². The summed E-state index contributed by atoms with van der Waals surface area (Å²) in [6.07, 6.45) is 3.57. The number of ether oxygens (including phenoxy) is 1. The lowest BCUT2D eigenvalue weighted by atomic mass is 10.0. The zero-order chi connectivity index (χ0) is 11.1. The first-order valence-electron chi connectivity index (χ1n) is 5.60. The summed E-state index contributed by atoms with van der Waals surface area (Å²) in [6, 6.07) is 0.0496. The maximum Gasteiger partial charge on any atom is 0.312 e. The van der Waals surface area contributed by atoms with E-state index in [0.29, 0.717) is 18.7 Å². The van der Waals surface area contributed by atoms with Gasteiger partial charge in [-0.1, -0.05) is 6.92 Å². The van der Waals surface area contributed by atoms with Crippen LogP contribution in [0.15, 0.2) is 0 Å². The molecule has 0 aromatic rings. The molecule has 0 saturated carbocycles. The van der Waals surface area contributed by atoms with Gasteiger partial charge in [0, 0.05) is 25.7 Å². The molecule has 0 aromatic heterocycles. The van der Waals surface area contributed by atoms with Crippen molar-refractivity contribution >= 4 is 6.03 Å². The van der Waals surface area contributed by atoms with Crippen molar-refractivity contribution in [3.8, 4) is 0 Å². The fourth-order valence-electron chi connectivity index (χ4n) is 1.81. The number of hydrogen-bond donors (Lipinski definition) is 3. The fraction of sp³-hybridized carbons (Fsp3) is 0.900. The Morgan fingerprint density at radius 2 is 2.33 bits per heavy atom. The lowest BCUT2D eigenvalue weighted by Gasteiger charge is -2.29. The topological polar surface area (TPSA) is 76.4 Å². The number of nitrogens with two attached hydrogens (primary N) is 1. The van der Waals surface area contributed by atoms with E-state index >= 15 is 0 Å². The Morgan fingerprint density at radius 1 is 1.53 bits per heavy atom. The Morgan fingerprint density at radius 3 is 3.00 bits per heavy atom. The van der Waals surface area contributed by atoms with Crippen molar-refractivity contribution in [3.05, 3.63) is 0 Å². The summed E-state index contributed by atoms with van der Waals surface area (Å²) >= 11 is 0. The van der Waals surface area contributed by atoms with Crippen molar-refractivity contribution in [1.82, 2.24) is 10.6 Å². The van der Waals surface area contributed by atoms with Gasteiger partial charge >= 0.3 is 6.03 Å². The van der Waals surface area contributed by atoms with E-state index in [4.69, 9.17) is 10.5 Å². The summed E-state index contributed by atoms with van der Waals surface area (Å²) < 4.78 is 5.57. The third kappa shape index (κ3) is 4.99. The quantitative estimate of drug-likeness (QED) is 0.573. The van der Waals surface area contributed by atoms with Crippen molar-refractivity contribution in [2.75, 3.05) is 19.7 Å². The molecule has 5 nitrogen and oxygen atoms in total. The van der Waals surface area contributed by atoms with Crippen LogP contribution in [-0.4, -0.2) is 37.9 Å². The molecule has 4 N–H and O–H groups in total. The monoisotopic (exact) mass is 215 g/mol. The second-order valence-corrected chi connectivity index (χ2v) is 3.87. The summed E-state index contributed by atoms with van der Waals surface area (Å²) in [5.74, 6) is 0. The van der Waals surface area contributed by atoms with Gasteiger partial charge in [-0.25, -0.2) is 4.79 Å². The molecule has 1 saturated heterocycles. The van der Waals surface area contributed by atoms with E-state index in [1.807, 2.05) is 0 Å². The SMILES string of the molecule is CCC1CC(NCCNC(N)=O)CCO1. The molecule has 0 radical (unpaired) electrons. The Labute approximate surface area is 90.7 Å². The lowest BCUT2D eigenvalue weighted by molar-refractivity contribution is 0.000139. The second kappa shape index (κ2) is 6.63. The zero-order valence-corrected chi connectivity index (χ0v) is 9.29. The van der Waals surface area contributed by atoms with E-state index < -0.39 is 6.03 Å². The minimum absolute atomic E-state index is 0.389. The van der Waals surface area contributed by atoms with E-state index in [9.17, 15) is 4.79 Å². The van der Waals surface area contributed by atoms with Crippen molar-refractivity contribution in [2.45, 2.75) is 38.3 Å². The van der Waals surface area contributed by atoms with Gasteiger partial charge < -0.3 is 21.1 Å². The van der Waals surface area contributed by atoms with E-state index in [2.05, 4.69) is 17.6 Å². The lowest BCUT2D eigenvalue weighted by Crippen LogP contribution is -2.43. The molecule has 15 heavy (non-hydrogen) atoms. The van der Waals surface area contributed by atoms with Crippen LogP contribution in [0.1, 0.15) is 26.2 Å². The Bertz CT molecular complexity index is 199. The summed E-state index contributed by atoms with van der Waals surface area (Å²) in [4.78, 5) is 10.4. The highest BCUT2D eigenvalue weighted by atomic mass is 16.5. The van der Waals surface area contributed by atoms with Crippen LogP contribution in [0.3, 0.4) is 0 Å². The van der Waals surface area contributed by atoms with Crippen LogP contribution in [0.5, 0.6) is 0 Å². The van der Waals surface area contributed by atoms with Gasteiger partial charge in [0.25, 0.3) is 0 Å². The number of nitrogens with one attached hydrogen (secondary N) is 2. The molecule has 5 heteroatoms. The molecule has 0 aliphatic carbocycles. The Balaban J connectivity index is 2.07. The maximum atomic E-state index is 10.4.